The summed E-state index contributed by atoms with van der Waals surface area (Å²) in [6.45, 7) is 23.1. The van der Waals surface area contributed by atoms with Gasteiger partial charge in [0.25, 0.3) is 0 Å². The molecule has 1 unspecified atom stereocenters. The fraction of sp³-hybridized carbons (Fsp3) is 0.600. The summed E-state index contributed by atoms with van der Waals surface area (Å²) in [5.74, 6) is 1.00. The molecule has 1 heteroatoms. The fourth-order valence-corrected chi connectivity index (χ4v) is 6.51. The predicted octanol–water partition coefficient (Wildman–Crippen LogP) is 8.10. The van der Waals surface area contributed by atoms with Gasteiger partial charge >= 0.3 is 0 Å². The molecule has 2 aromatic rings. The first-order chi connectivity index (χ1) is 14.0. The molecule has 1 nitrogen and oxygen atoms in total. The van der Waals surface area contributed by atoms with Crippen molar-refractivity contribution in [3.05, 3.63) is 64.2 Å². The van der Waals surface area contributed by atoms with Crippen LogP contribution in [0.3, 0.4) is 0 Å². The quantitative estimate of drug-likeness (QED) is 0.478. The Kier molecular flexibility index (Phi) is 4.79. The van der Waals surface area contributed by atoms with Gasteiger partial charge in [0.05, 0.1) is 0 Å². The molecule has 1 atom stereocenters. The number of fused-ring (bicyclic) bond motifs is 4. The molecule has 2 aliphatic rings. The molecule has 0 N–H and O–H groups in total. The summed E-state index contributed by atoms with van der Waals surface area (Å²) < 4.78 is 6.33. The van der Waals surface area contributed by atoms with E-state index in [0.29, 0.717) is 0 Å². The maximum absolute atomic E-state index is 6.33. The summed E-state index contributed by atoms with van der Waals surface area (Å²) >= 11 is 0. The topological polar surface area (TPSA) is 9.23 Å². The summed E-state index contributed by atoms with van der Waals surface area (Å²) in [5.41, 5.74) is 8.08. The molecule has 0 radical (unpaired) electrons. The van der Waals surface area contributed by atoms with Crippen molar-refractivity contribution in [2.45, 2.75) is 110 Å². The van der Waals surface area contributed by atoms with Crippen molar-refractivity contribution in [3.8, 4) is 5.75 Å². The summed E-state index contributed by atoms with van der Waals surface area (Å²) in [6, 6.07) is 14.3. The van der Waals surface area contributed by atoms with E-state index in [1.54, 1.807) is 5.56 Å². The third-order valence-corrected chi connectivity index (χ3v) is 7.21. The van der Waals surface area contributed by atoms with Crippen LogP contribution in [0.2, 0.25) is 0 Å². The van der Waals surface area contributed by atoms with Crippen LogP contribution in [-0.4, -0.2) is 5.60 Å². The van der Waals surface area contributed by atoms with Gasteiger partial charge in [0, 0.05) is 5.41 Å². The Hall–Kier alpha value is -1.76. The van der Waals surface area contributed by atoms with Crippen LogP contribution in [0.1, 0.15) is 110 Å². The first-order valence-corrected chi connectivity index (χ1v) is 12.0. The van der Waals surface area contributed by atoms with Gasteiger partial charge in [0.2, 0.25) is 0 Å². The molecule has 2 aliphatic carbocycles. The highest BCUT2D eigenvalue weighted by Crippen LogP contribution is 2.63. The zero-order valence-corrected chi connectivity index (χ0v) is 21.5. The Labute approximate surface area is 190 Å². The lowest BCUT2D eigenvalue weighted by Crippen LogP contribution is -2.27. The molecule has 0 aromatic heterocycles. The van der Waals surface area contributed by atoms with Crippen molar-refractivity contribution in [3.63, 3.8) is 0 Å². The lowest BCUT2D eigenvalue weighted by molar-refractivity contribution is 0.130. The number of hydrogen-bond donors (Lipinski definition) is 0. The summed E-state index contributed by atoms with van der Waals surface area (Å²) in [4.78, 5) is 0. The van der Waals surface area contributed by atoms with Crippen LogP contribution in [0.4, 0.5) is 0 Å². The number of ether oxygens (including phenoxy) is 1. The molecule has 0 saturated carbocycles. The van der Waals surface area contributed by atoms with Crippen LogP contribution in [0.15, 0.2) is 36.4 Å². The Morgan fingerprint density at radius 2 is 1.23 bits per heavy atom. The number of rotatable bonds is 2. The Morgan fingerprint density at radius 3 is 1.74 bits per heavy atom. The molecule has 0 saturated heterocycles. The smallest absolute Gasteiger partial charge is 0.120 e. The zero-order valence-electron chi connectivity index (χ0n) is 21.5. The molecule has 31 heavy (non-hydrogen) atoms. The van der Waals surface area contributed by atoms with Crippen LogP contribution in [0, 0.1) is 5.41 Å². The van der Waals surface area contributed by atoms with Crippen molar-refractivity contribution < 1.29 is 4.74 Å². The van der Waals surface area contributed by atoms with Gasteiger partial charge in [0.1, 0.15) is 11.4 Å². The molecular formula is C30H42O. The highest BCUT2D eigenvalue weighted by molar-refractivity contribution is 5.61. The van der Waals surface area contributed by atoms with E-state index < -0.39 is 0 Å². The van der Waals surface area contributed by atoms with Crippen LogP contribution in [0.25, 0.3) is 0 Å². The molecule has 0 aliphatic heterocycles. The minimum atomic E-state index is -0.192. The third kappa shape index (κ3) is 3.94. The van der Waals surface area contributed by atoms with Crippen molar-refractivity contribution in [2.24, 2.45) is 5.41 Å². The van der Waals surface area contributed by atoms with E-state index >= 15 is 0 Å². The summed E-state index contributed by atoms with van der Waals surface area (Å²) in [6.07, 6.45) is 3.45. The molecule has 0 heterocycles. The van der Waals surface area contributed by atoms with Gasteiger partial charge < -0.3 is 4.74 Å². The number of benzene rings is 2. The van der Waals surface area contributed by atoms with Crippen molar-refractivity contribution in [2.75, 3.05) is 0 Å². The van der Waals surface area contributed by atoms with E-state index in [1.807, 2.05) is 0 Å². The molecule has 1 spiro atoms. The molecule has 0 amide bonds. The molecular weight excluding hydrogens is 376 g/mol. The van der Waals surface area contributed by atoms with Crippen LogP contribution in [0.5, 0.6) is 5.75 Å². The first kappa shape index (κ1) is 22.4. The molecule has 2 aromatic carbocycles. The van der Waals surface area contributed by atoms with E-state index in [0.717, 1.165) is 12.2 Å². The average Bonchev–Trinajstić information content (AvgIpc) is 2.91. The maximum Gasteiger partial charge on any atom is 0.120 e. The Morgan fingerprint density at radius 1 is 0.710 bits per heavy atom. The normalized spacial score (nSPS) is 23.7. The summed E-state index contributed by atoms with van der Waals surface area (Å²) in [7, 11) is 0. The van der Waals surface area contributed by atoms with Gasteiger partial charge in [0.15, 0.2) is 0 Å². The van der Waals surface area contributed by atoms with E-state index in [2.05, 4.69) is 106 Å². The highest BCUT2D eigenvalue weighted by Gasteiger charge is 2.56. The van der Waals surface area contributed by atoms with Gasteiger partial charge in [-0.2, -0.15) is 0 Å². The van der Waals surface area contributed by atoms with E-state index in [9.17, 15) is 0 Å². The van der Waals surface area contributed by atoms with E-state index in [1.165, 1.54) is 35.1 Å². The molecule has 168 valence electrons. The van der Waals surface area contributed by atoms with Gasteiger partial charge in [-0.25, -0.2) is 0 Å². The van der Waals surface area contributed by atoms with Crippen molar-refractivity contribution in [1.29, 1.82) is 0 Å². The monoisotopic (exact) mass is 418 g/mol. The second-order valence-electron chi connectivity index (χ2n) is 13.7. The van der Waals surface area contributed by atoms with Crippen molar-refractivity contribution >= 4 is 0 Å². The van der Waals surface area contributed by atoms with E-state index in [-0.39, 0.29) is 27.3 Å². The zero-order chi connectivity index (χ0) is 23.0. The van der Waals surface area contributed by atoms with Gasteiger partial charge in [-0.1, -0.05) is 72.7 Å². The predicted molar refractivity (Wildman–Crippen MR) is 132 cm³/mol. The third-order valence-electron chi connectivity index (χ3n) is 7.21. The van der Waals surface area contributed by atoms with Crippen molar-refractivity contribution in [1.82, 2.24) is 0 Å². The minimum absolute atomic E-state index is 0.0722. The first-order valence-electron chi connectivity index (χ1n) is 12.0. The van der Waals surface area contributed by atoms with Crippen LogP contribution >= 0.6 is 0 Å². The Bertz CT molecular complexity index is 924. The standard InChI is InChI=1S/C30H42O/c1-26(2,3)17-20-11-13-22-24(15-20)30(18-28(22,7)8)19-29(9,10)23-14-12-21(16-25(23)30)31-27(4,5)6/h11-16H,17-19H2,1-10H3. The highest BCUT2D eigenvalue weighted by atomic mass is 16.5. The van der Waals surface area contributed by atoms with Gasteiger partial charge in [-0.15, -0.1) is 0 Å². The fourth-order valence-electron chi connectivity index (χ4n) is 6.51. The van der Waals surface area contributed by atoms with Gasteiger partial charge in [-0.05, 0) is 96.2 Å². The lowest BCUT2D eigenvalue weighted by atomic mass is 9.72. The SMILES string of the molecule is CC(C)(C)Cc1ccc2c(c1)C1(CC2(C)C)CC(C)(C)c2ccc(OC(C)(C)C)cc21. The molecule has 4 rings (SSSR count). The molecule has 0 fully saturated rings. The second kappa shape index (κ2) is 6.63. The van der Waals surface area contributed by atoms with E-state index in [4.69, 9.17) is 4.74 Å². The summed E-state index contributed by atoms with van der Waals surface area (Å²) in [5, 5.41) is 0. The number of hydrogen-bond acceptors (Lipinski definition) is 1. The Balaban J connectivity index is 1.91. The molecule has 0 bridgehead atoms. The second-order valence-corrected chi connectivity index (χ2v) is 13.7. The minimum Gasteiger partial charge on any atom is -0.488 e. The lowest BCUT2D eigenvalue weighted by Gasteiger charge is -2.31. The van der Waals surface area contributed by atoms with Gasteiger partial charge in [-0.3, -0.25) is 0 Å². The van der Waals surface area contributed by atoms with Crippen LogP contribution in [-0.2, 0) is 22.7 Å². The maximum atomic E-state index is 6.33. The average molecular weight is 419 g/mol. The van der Waals surface area contributed by atoms with Crippen LogP contribution < -0.4 is 4.74 Å². The largest absolute Gasteiger partial charge is 0.488 e.